The lowest BCUT2D eigenvalue weighted by molar-refractivity contribution is -0.137. The lowest BCUT2D eigenvalue weighted by Gasteiger charge is -2.16. The van der Waals surface area contributed by atoms with Gasteiger partial charge in [-0.1, -0.05) is 13.3 Å². The molecule has 1 atom stereocenters. The van der Waals surface area contributed by atoms with Crippen LogP contribution in [-0.4, -0.2) is 35.6 Å². The van der Waals surface area contributed by atoms with E-state index in [0.29, 0.717) is 19.4 Å². The van der Waals surface area contributed by atoms with Crippen LogP contribution < -0.4 is 16.4 Å². The van der Waals surface area contributed by atoms with Crippen LogP contribution >= 0.6 is 0 Å². The number of carbonyl (C=O) groups is 3. The predicted octanol–water partition coefficient (Wildman–Crippen LogP) is 0.195. The van der Waals surface area contributed by atoms with E-state index in [2.05, 4.69) is 10.6 Å². The Morgan fingerprint density at radius 1 is 1.33 bits per heavy atom. The Kier molecular flexibility index (Phi) is 8.34. The topological polar surface area (TPSA) is 122 Å². The maximum Gasteiger partial charge on any atom is 0.315 e. The Morgan fingerprint density at radius 3 is 2.50 bits per heavy atom. The Balaban J connectivity index is 3.86. The molecule has 0 radical (unpaired) electrons. The van der Waals surface area contributed by atoms with E-state index in [0.717, 1.165) is 6.42 Å². The molecule has 104 valence electrons. The maximum atomic E-state index is 11.4. The molecule has 0 spiro atoms. The molecular weight excluding hydrogens is 238 g/mol. The van der Waals surface area contributed by atoms with Crippen LogP contribution in [0.15, 0.2) is 0 Å². The third-order valence-electron chi connectivity index (χ3n) is 2.28. The van der Waals surface area contributed by atoms with Gasteiger partial charge in [0.15, 0.2) is 0 Å². The molecule has 1 unspecified atom stereocenters. The Hall–Kier alpha value is -1.79. The van der Waals surface area contributed by atoms with Gasteiger partial charge in [-0.25, -0.2) is 4.79 Å². The Bertz CT molecular complexity index is 294. The van der Waals surface area contributed by atoms with Gasteiger partial charge >= 0.3 is 12.0 Å². The highest BCUT2D eigenvalue weighted by Crippen LogP contribution is 2.01. The zero-order valence-corrected chi connectivity index (χ0v) is 10.6. The average Bonchev–Trinajstić information content (AvgIpc) is 2.23. The van der Waals surface area contributed by atoms with Crippen molar-refractivity contribution in [1.82, 2.24) is 10.6 Å². The second kappa shape index (κ2) is 9.26. The van der Waals surface area contributed by atoms with Gasteiger partial charge in [0.25, 0.3) is 0 Å². The lowest BCUT2D eigenvalue weighted by Crippen LogP contribution is -2.43. The summed E-state index contributed by atoms with van der Waals surface area (Å²) < 4.78 is 0. The fourth-order valence-corrected chi connectivity index (χ4v) is 1.49. The van der Waals surface area contributed by atoms with Crippen molar-refractivity contribution in [2.24, 2.45) is 5.73 Å². The summed E-state index contributed by atoms with van der Waals surface area (Å²) in [4.78, 5) is 32.5. The molecule has 0 fully saturated rings. The fraction of sp³-hybridized carbons (Fsp3) is 0.727. The Morgan fingerprint density at radius 2 is 2.00 bits per heavy atom. The summed E-state index contributed by atoms with van der Waals surface area (Å²) in [5.41, 5.74) is 4.95. The second-order valence-electron chi connectivity index (χ2n) is 4.05. The van der Waals surface area contributed by atoms with Crippen LogP contribution in [0, 0.1) is 0 Å². The number of amides is 3. The van der Waals surface area contributed by atoms with Crippen LogP contribution in [0.2, 0.25) is 0 Å². The van der Waals surface area contributed by atoms with E-state index >= 15 is 0 Å². The van der Waals surface area contributed by atoms with E-state index in [1.807, 2.05) is 6.92 Å². The van der Waals surface area contributed by atoms with Gasteiger partial charge in [0.2, 0.25) is 5.91 Å². The quantitative estimate of drug-likeness (QED) is 0.442. The molecular formula is C11H21N3O4. The minimum absolute atomic E-state index is 0.0947. The molecule has 0 bridgehead atoms. The van der Waals surface area contributed by atoms with E-state index in [1.54, 1.807) is 0 Å². The lowest BCUT2D eigenvalue weighted by atomic mass is 10.1. The number of carboxylic acid groups (broad SMARTS) is 1. The molecule has 0 rings (SSSR count). The highest BCUT2D eigenvalue weighted by molar-refractivity contribution is 5.76. The molecule has 0 aromatic heterocycles. The average molecular weight is 259 g/mol. The number of carboxylic acids is 1. The summed E-state index contributed by atoms with van der Waals surface area (Å²) in [6.07, 6.45) is 2.00. The van der Waals surface area contributed by atoms with Crippen molar-refractivity contribution in [3.05, 3.63) is 0 Å². The smallest absolute Gasteiger partial charge is 0.315 e. The van der Waals surface area contributed by atoms with Gasteiger partial charge in [0.05, 0.1) is 6.42 Å². The van der Waals surface area contributed by atoms with Crippen molar-refractivity contribution in [1.29, 1.82) is 0 Å². The fourth-order valence-electron chi connectivity index (χ4n) is 1.49. The first-order chi connectivity index (χ1) is 8.45. The molecule has 0 heterocycles. The summed E-state index contributed by atoms with van der Waals surface area (Å²) in [6.45, 7) is 2.25. The first-order valence-corrected chi connectivity index (χ1v) is 6.00. The van der Waals surface area contributed by atoms with Crippen molar-refractivity contribution in [3.63, 3.8) is 0 Å². The van der Waals surface area contributed by atoms with Gasteiger partial charge in [-0.3, -0.25) is 9.59 Å². The molecule has 0 aromatic rings. The van der Waals surface area contributed by atoms with Crippen molar-refractivity contribution < 1.29 is 19.5 Å². The molecule has 0 aromatic carbocycles. The summed E-state index contributed by atoms with van der Waals surface area (Å²) >= 11 is 0. The number of nitrogens with one attached hydrogen (secondary N) is 2. The zero-order valence-electron chi connectivity index (χ0n) is 10.6. The second-order valence-corrected chi connectivity index (χ2v) is 4.05. The highest BCUT2D eigenvalue weighted by atomic mass is 16.4. The van der Waals surface area contributed by atoms with Crippen LogP contribution in [0.25, 0.3) is 0 Å². The summed E-state index contributed by atoms with van der Waals surface area (Å²) in [7, 11) is 0. The molecule has 18 heavy (non-hydrogen) atoms. The number of rotatable bonds is 9. The maximum absolute atomic E-state index is 11.4. The molecule has 0 saturated heterocycles. The molecule has 5 N–H and O–H groups in total. The van der Waals surface area contributed by atoms with Gasteiger partial charge in [-0.05, 0) is 12.8 Å². The minimum Gasteiger partial charge on any atom is -0.481 e. The number of nitrogens with two attached hydrogens (primary N) is 1. The van der Waals surface area contributed by atoms with Gasteiger partial charge in [-0.15, -0.1) is 0 Å². The van der Waals surface area contributed by atoms with Gasteiger partial charge in [0, 0.05) is 19.0 Å². The van der Waals surface area contributed by atoms with Gasteiger partial charge < -0.3 is 21.5 Å². The number of hydrogen-bond donors (Lipinski definition) is 4. The largest absolute Gasteiger partial charge is 0.481 e. The number of aliphatic carboxylic acids is 1. The van der Waals surface area contributed by atoms with Gasteiger partial charge in [0.1, 0.15) is 0 Å². The van der Waals surface area contributed by atoms with E-state index < -0.39 is 17.9 Å². The van der Waals surface area contributed by atoms with Crippen molar-refractivity contribution in [3.8, 4) is 0 Å². The van der Waals surface area contributed by atoms with Gasteiger partial charge in [-0.2, -0.15) is 0 Å². The molecule has 0 aliphatic carbocycles. The highest BCUT2D eigenvalue weighted by Gasteiger charge is 2.14. The van der Waals surface area contributed by atoms with Crippen molar-refractivity contribution >= 4 is 17.9 Å². The predicted molar refractivity (Wildman–Crippen MR) is 65.9 cm³/mol. The molecule has 7 nitrogen and oxygen atoms in total. The van der Waals surface area contributed by atoms with Crippen LogP contribution in [0.4, 0.5) is 4.79 Å². The third kappa shape index (κ3) is 9.44. The number of carbonyl (C=O) groups excluding carboxylic acids is 2. The van der Waals surface area contributed by atoms with E-state index in [1.165, 1.54) is 0 Å². The molecule has 7 heteroatoms. The van der Waals surface area contributed by atoms with E-state index in [-0.39, 0.29) is 18.9 Å². The number of urea groups is 1. The van der Waals surface area contributed by atoms with Crippen molar-refractivity contribution in [2.75, 3.05) is 6.54 Å². The molecule has 3 amide bonds. The third-order valence-corrected chi connectivity index (χ3v) is 2.28. The standard InChI is InChI=1S/C11H21N3O4/c1-2-4-8(7-10(16)17)14-11(18)13-6-3-5-9(12)15/h8H,2-7H2,1H3,(H2,12,15)(H,16,17)(H2,13,14,18). The number of hydrogen-bond acceptors (Lipinski definition) is 3. The van der Waals surface area contributed by atoms with Crippen LogP contribution in [0.3, 0.4) is 0 Å². The summed E-state index contributed by atoms with van der Waals surface area (Å²) in [6, 6.07) is -0.789. The summed E-state index contributed by atoms with van der Waals surface area (Å²) in [5, 5.41) is 13.8. The number of primary amides is 1. The summed E-state index contributed by atoms with van der Waals surface area (Å²) in [5.74, 6) is -1.35. The minimum atomic E-state index is -0.942. The zero-order chi connectivity index (χ0) is 14.0. The first kappa shape index (κ1) is 16.2. The van der Waals surface area contributed by atoms with E-state index in [9.17, 15) is 14.4 Å². The molecule has 0 saturated carbocycles. The van der Waals surface area contributed by atoms with E-state index in [4.69, 9.17) is 10.8 Å². The van der Waals surface area contributed by atoms with Crippen LogP contribution in [0.5, 0.6) is 0 Å². The van der Waals surface area contributed by atoms with Crippen LogP contribution in [-0.2, 0) is 9.59 Å². The SMILES string of the molecule is CCCC(CC(=O)O)NC(=O)NCCCC(N)=O. The van der Waals surface area contributed by atoms with Crippen molar-refractivity contribution in [2.45, 2.75) is 45.1 Å². The molecule has 0 aliphatic rings. The van der Waals surface area contributed by atoms with Crippen LogP contribution in [0.1, 0.15) is 39.0 Å². The monoisotopic (exact) mass is 259 g/mol. The Labute approximate surface area is 106 Å². The first-order valence-electron chi connectivity index (χ1n) is 6.00. The molecule has 0 aliphatic heterocycles. The normalized spacial score (nSPS) is 11.6.